The Hall–Kier alpha value is -3.79. The van der Waals surface area contributed by atoms with Crippen LogP contribution in [0, 0.1) is 11.6 Å². The number of rotatable bonds is 6. The van der Waals surface area contributed by atoms with Crippen molar-refractivity contribution in [3.8, 4) is 5.75 Å². The molecule has 0 saturated carbocycles. The quantitative estimate of drug-likeness (QED) is 0.482. The van der Waals surface area contributed by atoms with Crippen molar-refractivity contribution < 1.29 is 18.3 Å². The molecule has 0 aliphatic carbocycles. The molecular weight excluding hydrogens is 440 g/mol. The molecule has 0 aliphatic heterocycles. The molecule has 0 spiro atoms. The average Bonchev–Trinajstić information content (AvgIpc) is 3.27. The van der Waals surface area contributed by atoms with E-state index in [9.17, 15) is 23.2 Å². The van der Waals surface area contributed by atoms with Gasteiger partial charge in [0.15, 0.2) is 0 Å². The third-order valence-electron chi connectivity index (χ3n) is 4.86. The second kappa shape index (κ2) is 8.75. The van der Waals surface area contributed by atoms with Gasteiger partial charge in [-0.2, -0.15) is 0 Å². The highest BCUT2D eigenvalue weighted by Crippen LogP contribution is 2.20. The Kier molecular flexibility index (Phi) is 5.87. The highest BCUT2D eigenvalue weighted by atomic mass is 32.1. The molecule has 0 unspecified atom stereocenters. The van der Waals surface area contributed by atoms with Gasteiger partial charge in [-0.15, -0.1) is 11.3 Å². The van der Waals surface area contributed by atoms with Crippen LogP contribution >= 0.6 is 11.3 Å². The van der Waals surface area contributed by atoms with Crippen molar-refractivity contribution in [1.82, 2.24) is 9.13 Å². The summed E-state index contributed by atoms with van der Waals surface area (Å²) in [5.41, 5.74) is -0.633. The maximum Gasteiger partial charge on any atom is 0.332 e. The van der Waals surface area contributed by atoms with Crippen LogP contribution in [0.25, 0.3) is 10.2 Å². The van der Waals surface area contributed by atoms with Gasteiger partial charge in [-0.25, -0.2) is 13.6 Å². The molecule has 0 atom stereocenters. The zero-order chi connectivity index (χ0) is 22.8. The zero-order valence-electron chi connectivity index (χ0n) is 16.8. The zero-order valence-corrected chi connectivity index (χ0v) is 17.6. The molecule has 0 fully saturated rings. The molecule has 2 heterocycles. The molecule has 32 heavy (non-hydrogen) atoms. The van der Waals surface area contributed by atoms with Crippen molar-refractivity contribution in [3.05, 3.63) is 91.9 Å². The Morgan fingerprint density at radius 2 is 1.88 bits per heavy atom. The second-order valence-corrected chi connectivity index (χ2v) is 7.80. The molecule has 2 aromatic heterocycles. The van der Waals surface area contributed by atoms with Crippen molar-refractivity contribution in [1.29, 1.82) is 0 Å². The molecular formula is C22H17F2N3O4S. The van der Waals surface area contributed by atoms with E-state index in [-0.39, 0.29) is 17.7 Å². The first-order chi connectivity index (χ1) is 15.4. The number of hydrogen-bond donors (Lipinski definition) is 1. The topological polar surface area (TPSA) is 82.3 Å². The number of amides is 1. The summed E-state index contributed by atoms with van der Waals surface area (Å²) in [6.07, 6.45) is 0. The predicted octanol–water partition coefficient (Wildman–Crippen LogP) is 3.20. The fourth-order valence-corrected chi connectivity index (χ4v) is 4.20. The number of methoxy groups -OCH3 is 1. The molecule has 4 aromatic rings. The van der Waals surface area contributed by atoms with E-state index in [2.05, 4.69) is 5.32 Å². The Morgan fingerprint density at radius 3 is 2.66 bits per heavy atom. The van der Waals surface area contributed by atoms with Gasteiger partial charge >= 0.3 is 5.69 Å². The lowest BCUT2D eigenvalue weighted by atomic mass is 10.2. The number of benzene rings is 2. The van der Waals surface area contributed by atoms with Crippen LogP contribution < -0.4 is 21.3 Å². The predicted molar refractivity (Wildman–Crippen MR) is 117 cm³/mol. The summed E-state index contributed by atoms with van der Waals surface area (Å²) in [5, 5.41) is 3.91. The SMILES string of the molecule is COc1ccccc1Cn1c(=O)c2sccc2n(CC(=O)Nc2cc(F)ccc2F)c1=O. The number of para-hydroxylation sites is 1. The average molecular weight is 457 g/mol. The molecule has 10 heteroatoms. The first-order valence-electron chi connectivity index (χ1n) is 9.46. The van der Waals surface area contributed by atoms with Crippen LogP contribution in [-0.4, -0.2) is 22.2 Å². The standard InChI is InChI=1S/C22H17F2N3O4S/c1-31-18-5-3-2-4-13(18)11-27-21(29)20-17(8-9-32-20)26(22(27)30)12-19(28)25-16-10-14(23)6-7-15(16)24/h2-10H,11-12H2,1H3,(H,25,28). The molecule has 164 valence electrons. The van der Waals surface area contributed by atoms with E-state index in [1.807, 2.05) is 0 Å². The van der Waals surface area contributed by atoms with Crippen molar-refractivity contribution in [2.45, 2.75) is 13.1 Å². The van der Waals surface area contributed by atoms with Crippen molar-refractivity contribution in [3.63, 3.8) is 0 Å². The van der Waals surface area contributed by atoms with Gasteiger partial charge in [-0.05, 0) is 29.6 Å². The lowest BCUT2D eigenvalue weighted by Gasteiger charge is -2.14. The molecule has 0 bridgehead atoms. The number of carbonyl (C=O) groups excluding carboxylic acids is 1. The summed E-state index contributed by atoms with van der Waals surface area (Å²) in [6.45, 7) is -0.552. The fourth-order valence-electron chi connectivity index (χ4n) is 3.36. The summed E-state index contributed by atoms with van der Waals surface area (Å²) < 4.78 is 35.0. The van der Waals surface area contributed by atoms with Gasteiger partial charge in [0.2, 0.25) is 5.91 Å². The van der Waals surface area contributed by atoms with E-state index in [1.165, 1.54) is 7.11 Å². The Balaban J connectivity index is 1.74. The van der Waals surface area contributed by atoms with E-state index >= 15 is 0 Å². The highest BCUT2D eigenvalue weighted by molar-refractivity contribution is 7.17. The van der Waals surface area contributed by atoms with Crippen LogP contribution in [0.5, 0.6) is 5.75 Å². The number of anilines is 1. The van der Waals surface area contributed by atoms with Crippen LogP contribution in [0.3, 0.4) is 0 Å². The van der Waals surface area contributed by atoms with Crippen LogP contribution in [0.2, 0.25) is 0 Å². The number of aromatic nitrogens is 2. The lowest BCUT2D eigenvalue weighted by Crippen LogP contribution is -2.41. The highest BCUT2D eigenvalue weighted by Gasteiger charge is 2.18. The van der Waals surface area contributed by atoms with E-state index in [0.29, 0.717) is 16.0 Å². The van der Waals surface area contributed by atoms with Gasteiger partial charge < -0.3 is 10.1 Å². The lowest BCUT2D eigenvalue weighted by molar-refractivity contribution is -0.116. The Labute approximate surface area is 184 Å². The number of carbonyl (C=O) groups is 1. The van der Waals surface area contributed by atoms with Crippen LogP contribution in [0.15, 0.2) is 63.5 Å². The Morgan fingerprint density at radius 1 is 1.09 bits per heavy atom. The first kappa shape index (κ1) is 21.4. The van der Waals surface area contributed by atoms with Crippen LogP contribution in [0.1, 0.15) is 5.56 Å². The maximum atomic E-state index is 13.9. The van der Waals surface area contributed by atoms with E-state index in [4.69, 9.17) is 4.74 Å². The van der Waals surface area contributed by atoms with Gasteiger partial charge in [0.25, 0.3) is 5.56 Å². The number of halogens is 2. The normalized spacial score (nSPS) is 11.0. The van der Waals surface area contributed by atoms with Crippen molar-refractivity contribution in [2.75, 3.05) is 12.4 Å². The third kappa shape index (κ3) is 4.04. The number of nitrogens with one attached hydrogen (secondary N) is 1. The minimum absolute atomic E-state index is 0.0599. The van der Waals surface area contributed by atoms with Gasteiger partial charge in [0.1, 0.15) is 28.6 Å². The minimum atomic E-state index is -0.811. The molecule has 0 radical (unpaired) electrons. The molecule has 0 aliphatic rings. The molecule has 4 rings (SSSR count). The van der Waals surface area contributed by atoms with Crippen LogP contribution in [0.4, 0.5) is 14.5 Å². The summed E-state index contributed by atoms with van der Waals surface area (Å²) >= 11 is 1.14. The molecule has 7 nitrogen and oxygen atoms in total. The summed E-state index contributed by atoms with van der Waals surface area (Å²) in [6, 6.07) is 11.2. The van der Waals surface area contributed by atoms with E-state index in [0.717, 1.165) is 38.7 Å². The molecule has 2 aromatic carbocycles. The van der Waals surface area contributed by atoms with E-state index < -0.39 is 35.3 Å². The number of nitrogens with zero attached hydrogens (tertiary/aromatic N) is 2. The van der Waals surface area contributed by atoms with Gasteiger partial charge in [0, 0.05) is 11.6 Å². The monoisotopic (exact) mass is 457 g/mol. The van der Waals surface area contributed by atoms with Gasteiger partial charge in [-0.3, -0.25) is 18.7 Å². The summed E-state index contributed by atoms with van der Waals surface area (Å²) in [4.78, 5) is 38.7. The third-order valence-corrected chi connectivity index (χ3v) is 5.75. The number of thiophene rings is 1. The maximum absolute atomic E-state index is 13.9. The smallest absolute Gasteiger partial charge is 0.332 e. The largest absolute Gasteiger partial charge is 0.496 e. The number of ether oxygens (including phenoxy) is 1. The van der Waals surface area contributed by atoms with Gasteiger partial charge in [0.05, 0.1) is 24.9 Å². The number of hydrogen-bond acceptors (Lipinski definition) is 5. The van der Waals surface area contributed by atoms with Crippen molar-refractivity contribution >= 4 is 33.1 Å². The molecule has 0 saturated heterocycles. The van der Waals surface area contributed by atoms with Gasteiger partial charge in [-0.1, -0.05) is 18.2 Å². The Bertz CT molecular complexity index is 1440. The second-order valence-electron chi connectivity index (χ2n) is 6.88. The van der Waals surface area contributed by atoms with Crippen molar-refractivity contribution in [2.24, 2.45) is 0 Å². The van der Waals surface area contributed by atoms with Crippen LogP contribution in [-0.2, 0) is 17.9 Å². The van der Waals surface area contributed by atoms with E-state index in [1.54, 1.807) is 35.7 Å². The minimum Gasteiger partial charge on any atom is -0.496 e. The summed E-state index contributed by atoms with van der Waals surface area (Å²) in [7, 11) is 1.48. The summed E-state index contributed by atoms with van der Waals surface area (Å²) in [5.74, 6) is -1.76. The number of fused-ring (bicyclic) bond motifs is 1. The first-order valence-corrected chi connectivity index (χ1v) is 10.3. The fraction of sp³-hybridized carbons (Fsp3) is 0.136. The molecule has 1 N–H and O–H groups in total. The molecule has 1 amide bonds.